The zero-order chi connectivity index (χ0) is 16.7. The quantitative estimate of drug-likeness (QED) is 0.621. The number of carboxylic acid groups (broad SMARTS) is 1. The van der Waals surface area contributed by atoms with Crippen LogP contribution in [-0.4, -0.2) is 20.6 Å². The molecule has 0 aliphatic heterocycles. The number of carboxylic acids is 1. The zero-order valence-corrected chi connectivity index (χ0v) is 13.2. The van der Waals surface area contributed by atoms with Crippen LogP contribution >= 0.6 is 0 Å². The van der Waals surface area contributed by atoms with Gasteiger partial charge in [-0.3, -0.25) is 4.79 Å². The summed E-state index contributed by atoms with van der Waals surface area (Å²) < 4.78 is 7.92. The predicted molar refractivity (Wildman–Crippen MR) is 91.1 cm³/mol. The van der Waals surface area contributed by atoms with Crippen molar-refractivity contribution < 1.29 is 14.3 Å². The number of nitrogens with zero attached hydrogens (tertiary/aromatic N) is 2. The lowest BCUT2D eigenvalue weighted by Gasteiger charge is -2.05. The van der Waals surface area contributed by atoms with Gasteiger partial charge in [0.25, 0.3) is 0 Å². The number of para-hydroxylation sites is 1. The van der Waals surface area contributed by atoms with Gasteiger partial charge in [-0.05, 0) is 36.8 Å². The fourth-order valence-corrected chi connectivity index (χ4v) is 3.20. The van der Waals surface area contributed by atoms with Crippen LogP contribution in [-0.2, 0) is 17.8 Å². The second-order valence-electron chi connectivity index (χ2n) is 5.85. The van der Waals surface area contributed by atoms with Crippen molar-refractivity contribution in [3.8, 4) is 0 Å². The maximum atomic E-state index is 11.2. The summed E-state index contributed by atoms with van der Waals surface area (Å²) in [5, 5.41) is 11.1. The first-order valence-electron chi connectivity index (χ1n) is 7.75. The normalized spacial score (nSPS) is 11.4. The van der Waals surface area contributed by atoms with E-state index in [9.17, 15) is 9.90 Å². The molecule has 5 heteroatoms. The Balaban J connectivity index is 1.83. The van der Waals surface area contributed by atoms with E-state index in [0.717, 1.165) is 39.0 Å². The predicted octanol–water partition coefficient (Wildman–Crippen LogP) is 3.77. The van der Waals surface area contributed by atoms with E-state index in [1.807, 2.05) is 54.0 Å². The third-order valence-corrected chi connectivity index (χ3v) is 4.33. The van der Waals surface area contributed by atoms with Gasteiger partial charge < -0.3 is 14.1 Å². The molecule has 0 amide bonds. The van der Waals surface area contributed by atoms with Gasteiger partial charge in [-0.15, -0.1) is 0 Å². The van der Waals surface area contributed by atoms with Crippen molar-refractivity contribution in [1.29, 1.82) is 0 Å². The van der Waals surface area contributed by atoms with Crippen molar-refractivity contribution in [3.05, 3.63) is 65.7 Å². The van der Waals surface area contributed by atoms with Crippen LogP contribution in [0.2, 0.25) is 0 Å². The first-order valence-corrected chi connectivity index (χ1v) is 7.75. The van der Waals surface area contributed by atoms with Crippen LogP contribution < -0.4 is 0 Å². The van der Waals surface area contributed by atoms with Crippen molar-refractivity contribution in [2.24, 2.45) is 0 Å². The SMILES string of the molecule is Cc1c(CC(=O)O)c2cccnc2n1Cc1cc2ccccc2o1. The fourth-order valence-electron chi connectivity index (χ4n) is 3.20. The van der Waals surface area contributed by atoms with Crippen LogP contribution in [0, 0.1) is 6.92 Å². The third kappa shape index (κ3) is 2.34. The Bertz CT molecular complexity index is 1030. The summed E-state index contributed by atoms with van der Waals surface area (Å²) in [6.45, 7) is 2.45. The van der Waals surface area contributed by atoms with Crippen LogP contribution in [0.3, 0.4) is 0 Å². The molecule has 0 atom stereocenters. The molecule has 4 aromatic rings. The number of hydrogen-bond donors (Lipinski definition) is 1. The largest absolute Gasteiger partial charge is 0.481 e. The summed E-state index contributed by atoms with van der Waals surface area (Å²) in [5.74, 6) is -0.0199. The van der Waals surface area contributed by atoms with E-state index >= 15 is 0 Å². The molecule has 4 rings (SSSR count). The molecular formula is C19H16N2O3. The average molecular weight is 320 g/mol. The van der Waals surface area contributed by atoms with Gasteiger partial charge in [0.15, 0.2) is 0 Å². The smallest absolute Gasteiger partial charge is 0.307 e. The highest BCUT2D eigenvalue weighted by molar-refractivity contribution is 5.86. The molecule has 24 heavy (non-hydrogen) atoms. The summed E-state index contributed by atoms with van der Waals surface area (Å²) in [4.78, 5) is 15.6. The fraction of sp³-hybridized carbons (Fsp3) is 0.158. The highest BCUT2D eigenvalue weighted by Crippen LogP contribution is 2.27. The molecule has 3 heterocycles. The van der Waals surface area contributed by atoms with Crippen molar-refractivity contribution >= 4 is 28.0 Å². The number of benzene rings is 1. The van der Waals surface area contributed by atoms with E-state index in [0.29, 0.717) is 6.54 Å². The van der Waals surface area contributed by atoms with Gasteiger partial charge in [0.2, 0.25) is 0 Å². The number of furan rings is 1. The van der Waals surface area contributed by atoms with Crippen molar-refractivity contribution in [1.82, 2.24) is 9.55 Å². The molecule has 5 nitrogen and oxygen atoms in total. The van der Waals surface area contributed by atoms with E-state index in [-0.39, 0.29) is 6.42 Å². The van der Waals surface area contributed by atoms with E-state index in [4.69, 9.17) is 4.42 Å². The maximum Gasteiger partial charge on any atom is 0.307 e. The number of hydrogen-bond acceptors (Lipinski definition) is 3. The molecular weight excluding hydrogens is 304 g/mol. The molecule has 120 valence electrons. The molecule has 0 saturated heterocycles. The van der Waals surface area contributed by atoms with Crippen LogP contribution in [0.4, 0.5) is 0 Å². The number of aliphatic carboxylic acids is 1. The molecule has 1 N–H and O–H groups in total. The maximum absolute atomic E-state index is 11.2. The number of rotatable bonds is 4. The summed E-state index contributed by atoms with van der Waals surface area (Å²) in [6, 6.07) is 13.6. The van der Waals surface area contributed by atoms with Crippen molar-refractivity contribution in [2.75, 3.05) is 0 Å². The molecule has 1 aromatic carbocycles. The first-order chi connectivity index (χ1) is 11.6. The number of fused-ring (bicyclic) bond motifs is 2. The van der Waals surface area contributed by atoms with Gasteiger partial charge in [-0.2, -0.15) is 0 Å². The molecule has 0 fully saturated rings. The topological polar surface area (TPSA) is 68.3 Å². The van der Waals surface area contributed by atoms with Crippen LogP contribution in [0.15, 0.2) is 53.1 Å². The van der Waals surface area contributed by atoms with Gasteiger partial charge in [0.1, 0.15) is 17.0 Å². The van der Waals surface area contributed by atoms with E-state index in [1.54, 1.807) is 6.20 Å². The lowest BCUT2D eigenvalue weighted by atomic mass is 10.1. The molecule has 0 aliphatic rings. The Morgan fingerprint density at radius 2 is 2.08 bits per heavy atom. The molecule has 0 spiro atoms. The summed E-state index contributed by atoms with van der Waals surface area (Å²) >= 11 is 0. The van der Waals surface area contributed by atoms with Gasteiger partial charge in [-0.25, -0.2) is 4.98 Å². The first kappa shape index (κ1) is 14.5. The number of carbonyl (C=O) groups is 1. The van der Waals surface area contributed by atoms with E-state index < -0.39 is 5.97 Å². The van der Waals surface area contributed by atoms with Gasteiger partial charge in [-0.1, -0.05) is 18.2 Å². The Kier molecular flexibility index (Phi) is 3.34. The minimum absolute atomic E-state index is 0.0127. The summed E-state index contributed by atoms with van der Waals surface area (Å²) in [5.41, 5.74) is 3.35. The Labute approximate surface area is 138 Å². The Morgan fingerprint density at radius 1 is 1.25 bits per heavy atom. The molecule has 0 unspecified atom stereocenters. The molecule has 0 saturated carbocycles. The molecule has 0 aliphatic carbocycles. The molecule has 0 bridgehead atoms. The highest BCUT2D eigenvalue weighted by Gasteiger charge is 2.18. The standard InChI is InChI=1S/C19H16N2O3/c1-12-16(10-18(22)23)15-6-4-8-20-19(15)21(12)11-14-9-13-5-2-3-7-17(13)24-14/h2-9H,10-11H2,1H3,(H,22,23). The number of pyridine rings is 1. The Morgan fingerprint density at radius 3 is 2.88 bits per heavy atom. The minimum atomic E-state index is -0.843. The van der Waals surface area contributed by atoms with Crippen LogP contribution in [0.5, 0.6) is 0 Å². The second-order valence-corrected chi connectivity index (χ2v) is 5.85. The van der Waals surface area contributed by atoms with E-state index in [2.05, 4.69) is 4.98 Å². The summed E-state index contributed by atoms with van der Waals surface area (Å²) in [6.07, 6.45) is 1.71. The summed E-state index contributed by atoms with van der Waals surface area (Å²) in [7, 11) is 0. The zero-order valence-electron chi connectivity index (χ0n) is 13.2. The van der Waals surface area contributed by atoms with Crippen molar-refractivity contribution in [2.45, 2.75) is 19.9 Å². The Hall–Kier alpha value is -3.08. The van der Waals surface area contributed by atoms with Gasteiger partial charge >= 0.3 is 5.97 Å². The third-order valence-electron chi connectivity index (χ3n) is 4.33. The van der Waals surface area contributed by atoms with Gasteiger partial charge in [0, 0.05) is 22.7 Å². The molecule has 3 aromatic heterocycles. The van der Waals surface area contributed by atoms with Gasteiger partial charge in [0.05, 0.1) is 13.0 Å². The van der Waals surface area contributed by atoms with Crippen LogP contribution in [0.25, 0.3) is 22.0 Å². The average Bonchev–Trinajstić information content (AvgIpc) is 3.09. The van der Waals surface area contributed by atoms with Crippen LogP contribution in [0.1, 0.15) is 17.0 Å². The molecule has 0 radical (unpaired) electrons. The van der Waals surface area contributed by atoms with Crippen molar-refractivity contribution in [3.63, 3.8) is 0 Å². The van der Waals surface area contributed by atoms with E-state index in [1.165, 1.54) is 0 Å². The lowest BCUT2D eigenvalue weighted by Crippen LogP contribution is -2.04. The minimum Gasteiger partial charge on any atom is -0.481 e. The number of aromatic nitrogens is 2. The second kappa shape index (κ2) is 5.53. The lowest BCUT2D eigenvalue weighted by molar-refractivity contribution is -0.136. The monoisotopic (exact) mass is 320 g/mol. The highest BCUT2D eigenvalue weighted by atomic mass is 16.4.